The Labute approximate surface area is 102 Å². The number of carbonyl (C=O) groups excluding carboxylic acids is 1. The molecule has 17 heavy (non-hydrogen) atoms. The van der Waals surface area contributed by atoms with Gasteiger partial charge in [0.1, 0.15) is 5.01 Å². The number of anilines is 2. The van der Waals surface area contributed by atoms with Crippen LogP contribution >= 0.6 is 11.3 Å². The molecule has 2 aromatic rings. The second kappa shape index (κ2) is 4.46. The van der Waals surface area contributed by atoms with Crippen LogP contribution in [0.5, 0.6) is 0 Å². The van der Waals surface area contributed by atoms with Gasteiger partial charge in [0.05, 0.1) is 5.56 Å². The Morgan fingerprint density at radius 3 is 2.76 bits per heavy atom. The van der Waals surface area contributed by atoms with E-state index in [2.05, 4.69) is 20.5 Å². The van der Waals surface area contributed by atoms with Gasteiger partial charge in [0.2, 0.25) is 5.13 Å². The van der Waals surface area contributed by atoms with Crippen molar-refractivity contribution in [3.8, 4) is 0 Å². The van der Waals surface area contributed by atoms with E-state index in [1.165, 1.54) is 17.5 Å². The molecule has 0 saturated heterocycles. The van der Waals surface area contributed by atoms with Crippen LogP contribution in [-0.2, 0) is 0 Å². The lowest BCUT2D eigenvalue weighted by Crippen LogP contribution is -2.14. The first kappa shape index (κ1) is 11.5. The van der Waals surface area contributed by atoms with E-state index >= 15 is 0 Å². The first-order valence-corrected chi connectivity index (χ1v) is 5.71. The van der Waals surface area contributed by atoms with Gasteiger partial charge in [-0.25, -0.2) is 0 Å². The highest BCUT2D eigenvalue weighted by Gasteiger charge is 2.12. The maximum atomic E-state index is 11.9. The zero-order valence-corrected chi connectivity index (χ0v) is 10.2. The summed E-state index contributed by atoms with van der Waals surface area (Å²) in [6, 6.07) is 1.65. The van der Waals surface area contributed by atoms with E-state index in [-0.39, 0.29) is 5.91 Å². The SMILES string of the molecule is Cc1cc(N)c(C(=O)Nc2nnc(C)s2)cn1. The van der Waals surface area contributed by atoms with Gasteiger partial charge in [0.15, 0.2) is 0 Å². The highest BCUT2D eigenvalue weighted by molar-refractivity contribution is 7.15. The molecule has 0 aliphatic rings. The average molecular weight is 249 g/mol. The van der Waals surface area contributed by atoms with Crippen LogP contribution < -0.4 is 11.1 Å². The molecule has 0 unspecified atom stereocenters. The molecule has 0 saturated carbocycles. The van der Waals surface area contributed by atoms with E-state index in [1.54, 1.807) is 6.07 Å². The van der Waals surface area contributed by atoms with Crippen molar-refractivity contribution in [1.29, 1.82) is 0 Å². The summed E-state index contributed by atoms with van der Waals surface area (Å²) >= 11 is 1.30. The molecule has 7 heteroatoms. The van der Waals surface area contributed by atoms with Gasteiger partial charge in [-0.05, 0) is 19.9 Å². The van der Waals surface area contributed by atoms with Gasteiger partial charge in [-0.3, -0.25) is 15.1 Å². The van der Waals surface area contributed by atoms with Crippen molar-refractivity contribution >= 4 is 28.1 Å². The maximum Gasteiger partial charge on any atom is 0.261 e. The van der Waals surface area contributed by atoms with E-state index in [0.29, 0.717) is 16.4 Å². The van der Waals surface area contributed by atoms with Crippen LogP contribution in [0.15, 0.2) is 12.3 Å². The second-order valence-corrected chi connectivity index (χ2v) is 4.67. The molecule has 2 rings (SSSR count). The second-order valence-electron chi connectivity index (χ2n) is 3.49. The van der Waals surface area contributed by atoms with Crippen molar-refractivity contribution in [3.05, 3.63) is 28.5 Å². The zero-order valence-electron chi connectivity index (χ0n) is 9.39. The van der Waals surface area contributed by atoms with Gasteiger partial charge in [-0.2, -0.15) is 0 Å². The van der Waals surface area contributed by atoms with Gasteiger partial charge < -0.3 is 5.73 Å². The fourth-order valence-corrected chi connectivity index (χ4v) is 1.87. The van der Waals surface area contributed by atoms with E-state index in [0.717, 1.165) is 10.7 Å². The molecule has 0 aliphatic carbocycles. The Hall–Kier alpha value is -2.02. The minimum absolute atomic E-state index is 0.328. The highest BCUT2D eigenvalue weighted by atomic mass is 32.1. The van der Waals surface area contributed by atoms with Crippen molar-refractivity contribution in [2.24, 2.45) is 0 Å². The minimum Gasteiger partial charge on any atom is -0.398 e. The Morgan fingerprint density at radius 2 is 2.18 bits per heavy atom. The lowest BCUT2D eigenvalue weighted by atomic mass is 10.2. The third-order valence-corrected chi connectivity index (χ3v) is 2.82. The molecule has 0 radical (unpaired) electrons. The zero-order chi connectivity index (χ0) is 12.4. The van der Waals surface area contributed by atoms with E-state index in [9.17, 15) is 4.79 Å². The van der Waals surface area contributed by atoms with Gasteiger partial charge in [0, 0.05) is 17.6 Å². The Bertz CT molecular complexity index is 566. The number of carbonyl (C=O) groups is 1. The van der Waals surface area contributed by atoms with Gasteiger partial charge in [0.25, 0.3) is 5.91 Å². The van der Waals surface area contributed by atoms with Crippen molar-refractivity contribution in [2.45, 2.75) is 13.8 Å². The molecule has 1 amide bonds. The first-order chi connectivity index (χ1) is 8.06. The molecule has 6 nitrogen and oxygen atoms in total. The molecule has 2 heterocycles. The molecule has 0 fully saturated rings. The minimum atomic E-state index is -0.328. The third kappa shape index (κ3) is 2.56. The molecule has 0 atom stereocenters. The summed E-state index contributed by atoms with van der Waals surface area (Å²) < 4.78 is 0. The van der Waals surface area contributed by atoms with E-state index in [4.69, 9.17) is 5.73 Å². The van der Waals surface area contributed by atoms with Crippen LogP contribution in [-0.4, -0.2) is 21.1 Å². The summed E-state index contributed by atoms with van der Waals surface area (Å²) in [5, 5.41) is 11.5. The fourth-order valence-electron chi connectivity index (χ4n) is 1.28. The average Bonchev–Trinajstić information content (AvgIpc) is 2.63. The molecule has 3 N–H and O–H groups in total. The molecule has 0 aliphatic heterocycles. The number of nitrogens with zero attached hydrogens (tertiary/aromatic N) is 3. The lowest BCUT2D eigenvalue weighted by Gasteiger charge is -2.04. The van der Waals surface area contributed by atoms with Crippen molar-refractivity contribution in [3.63, 3.8) is 0 Å². The summed E-state index contributed by atoms with van der Waals surface area (Å²) in [5.74, 6) is -0.328. The number of pyridine rings is 1. The molecular formula is C10H11N5OS. The number of nitrogen functional groups attached to an aromatic ring is 1. The first-order valence-electron chi connectivity index (χ1n) is 4.90. The number of aryl methyl sites for hydroxylation is 2. The number of amides is 1. The largest absolute Gasteiger partial charge is 0.398 e. The van der Waals surface area contributed by atoms with Crippen LogP contribution in [0.1, 0.15) is 21.1 Å². The molecule has 0 bridgehead atoms. The topological polar surface area (TPSA) is 93.8 Å². The monoisotopic (exact) mass is 249 g/mol. The Kier molecular flexibility index (Phi) is 3.01. The summed E-state index contributed by atoms with van der Waals surface area (Å²) in [4.78, 5) is 15.9. The number of hydrogen-bond donors (Lipinski definition) is 2. The summed E-state index contributed by atoms with van der Waals surface area (Å²) in [7, 11) is 0. The van der Waals surface area contributed by atoms with E-state index in [1.807, 2.05) is 13.8 Å². The fraction of sp³-hybridized carbons (Fsp3) is 0.200. The normalized spacial score (nSPS) is 10.2. The number of rotatable bonds is 2. The quantitative estimate of drug-likeness (QED) is 0.838. The molecule has 2 aromatic heterocycles. The Balaban J connectivity index is 2.20. The van der Waals surface area contributed by atoms with Gasteiger partial charge in [-0.15, -0.1) is 10.2 Å². The summed E-state index contributed by atoms with van der Waals surface area (Å²) in [5.41, 5.74) is 7.25. The third-order valence-electron chi connectivity index (χ3n) is 2.06. The lowest BCUT2D eigenvalue weighted by molar-refractivity contribution is 0.102. The summed E-state index contributed by atoms with van der Waals surface area (Å²) in [6.45, 7) is 3.63. The van der Waals surface area contributed by atoms with Crippen molar-refractivity contribution < 1.29 is 4.79 Å². The molecular weight excluding hydrogens is 238 g/mol. The van der Waals surface area contributed by atoms with Crippen molar-refractivity contribution in [1.82, 2.24) is 15.2 Å². The number of aromatic nitrogens is 3. The highest BCUT2D eigenvalue weighted by Crippen LogP contribution is 2.17. The smallest absolute Gasteiger partial charge is 0.261 e. The van der Waals surface area contributed by atoms with Crippen LogP contribution in [0.25, 0.3) is 0 Å². The van der Waals surface area contributed by atoms with Crippen LogP contribution in [0.2, 0.25) is 0 Å². The predicted octanol–water partition coefficient (Wildman–Crippen LogP) is 1.38. The van der Waals surface area contributed by atoms with Crippen LogP contribution in [0.3, 0.4) is 0 Å². The molecule has 0 aromatic carbocycles. The maximum absolute atomic E-state index is 11.9. The molecule has 88 valence electrons. The molecule has 0 spiro atoms. The number of nitrogens with one attached hydrogen (secondary N) is 1. The predicted molar refractivity (Wildman–Crippen MR) is 66.0 cm³/mol. The van der Waals surface area contributed by atoms with E-state index < -0.39 is 0 Å². The van der Waals surface area contributed by atoms with Crippen molar-refractivity contribution in [2.75, 3.05) is 11.1 Å². The summed E-state index contributed by atoms with van der Waals surface area (Å²) in [6.07, 6.45) is 1.45. The number of hydrogen-bond acceptors (Lipinski definition) is 6. The van der Waals surface area contributed by atoms with Gasteiger partial charge >= 0.3 is 0 Å². The standard InChI is InChI=1S/C10H11N5OS/c1-5-3-8(11)7(4-12-5)9(16)13-10-15-14-6(2)17-10/h3-4H,1-2H3,(H2,11,12)(H,13,15,16). The van der Waals surface area contributed by atoms with Crippen LogP contribution in [0, 0.1) is 13.8 Å². The van der Waals surface area contributed by atoms with Crippen LogP contribution in [0.4, 0.5) is 10.8 Å². The Morgan fingerprint density at radius 1 is 1.41 bits per heavy atom. The number of nitrogens with two attached hydrogens (primary N) is 1. The van der Waals surface area contributed by atoms with Gasteiger partial charge in [-0.1, -0.05) is 11.3 Å².